The van der Waals surface area contributed by atoms with Gasteiger partial charge in [0.05, 0.1) is 10.8 Å². The van der Waals surface area contributed by atoms with E-state index in [0.29, 0.717) is 6.54 Å². The maximum Gasteiger partial charge on any atom is 0.0601 e. The van der Waals surface area contributed by atoms with Crippen LogP contribution < -0.4 is 5.73 Å². The summed E-state index contributed by atoms with van der Waals surface area (Å²) in [6.07, 6.45) is 0. The van der Waals surface area contributed by atoms with Crippen molar-refractivity contribution in [2.24, 2.45) is 5.73 Å². The van der Waals surface area contributed by atoms with Crippen molar-refractivity contribution in [1.82, 2.24) is 0 Å². The van der Waals surface area contributed by atoms with Gasteiger partial charge in [-0.2, -0.15) is 0 Å². The maximum absolute atomic E-state index is 5.33. The normalized spacial score (nSPS) is 9.71. The molecule has 1 heterocycles. The summed E-state index contributed by atoms with van der Waals surface area (Å²) < 4.78 is 1.36. The van der Waals surface area contributed by atoms with Gasteiger partial charge >= 0.3 is 0 Å². The summed E-state index contributed by atoms with van der Waals surface area (Å²) in [5.41, 5.74) is 7.68. The van der Waals surface area contributed by atoms with Crippen molar-refractivity contribution in [2.45, 2.75) is 9.96 Å². The molecule has 2 rings (SSSR count). The Kier molecular flexibility index (Phi) is 4.69. The SMILES string of the molecule is NCC#Cc1ccc(CSc2cccs2)cc1. The summed E-state index contributed by atoms with van der Waals surface area (Å²) in [4.78, 5) is 0. The third kappa shape index (κ3) is 3.94. The van der Waals surface area contributed by atoms with Crippen LogP contribution in [0.4, 0.5) is 0 Å². The van der Waals surface area contributed by atoms with E-state index in [1.54, 1.807) is 11.3 Å². The Morgan fingerprint density at radius 3 is 2.65 bits per heavy atom. The minimum Gasteiger partial charge on any atom is -0.320 e. The number of hydrogen-bond donors (Lipinski definition) is 1. The van der Waals surface area contributed by atoms with E-state index in [1.165, 1.54) is 9.77 Å². The van der Waals surface area contributed by atoms with Gasteiger partial charge in [-0.25, -0.2) is 0 Å². The van der Waals surface area contributed by atoms with Crippen molar-refractivity contribution >= 4 is 23.1 Å². The highest BCUT2D eigenvalue weighted by molar-refractivity contribution is 8.00. The molecule has 0 radical (unpaired) electrons. The largest absolute Gasteiger partial charge is 0.320 e. The van der Waals surface area contributed by atoms with Crippen molar-refractivity contribution < 1.29 is 0 Å². The molecule has 2 aromatic rings. The summed E-state index contributed by atoms with van der Waals surface area (Å²) in [6.45, 7) is 0.413. The highest BCUT2D eigenvalue weighted by atomic mass is 32.2. The lowest BCUT2D eigenvalue weighted by Gasteiger charge is -1.99. The van der Waals surface area contributed by atoms with E-state index >= 15 is 0 Å². The lowest BCUT2D eigenvalue weighted by Crippen LogP contribution is -1.93. The Morgan fingerprint density at radius 2 is 2.00 bits per heavy atom. The number of rotatable bonds is 3. The number of thioether (sulfide) groups is 1. The van der Waals surface area contributed by atoms with E-state index in [2.05, 4.69) is 41.5 Å². The van der Waals surface area contributed by atoms with E-state index in [1.807, 2.05) is 23.9 Å². The molecule has 0 amide bonds. The average Bonchev–Trinajstić information content (AvgIpc) is 2.88. The van der Waals surface area contributed by atoms with Crippen LogP contribution in [0.3, 0.4) is 0 Å². The molecule has 86 valence electrons. The second kappa shape index (κ2) is 6.51. The van der Waals surface area contributed by atoms with E-state index < -0.39 is 0 Å². The van der Waals surface area contributed by atoms with Crippen LogP contribution in [0, 0.1) is 11.8 Å². The van der Waals surface area contributed by atoms with E-state index in [9.17, 15) is 0 Å². The predicted octanol–water partition coefficient (Wildman–Crippen LogP) is 3.35. The molecule has 0 atom stereocenters. The molecule has 3 heteroatoms. The zero-order chi connectivity index (χ0) is 11.9. The predicted molar refractivity (Wildman–Crippen MR) is 76.3 cm³/mol. The summed E-state index contributed by atoms with van der Waals surface area (Å²) in [5, 5.41) is 2.11. The average molecular weight is 259 g/mol. The molecular weight excluding hydrogens is 246 g/mol. The molecular formula is C14H13NS2. The zero-order valence-electron chi connectivity index (χ0n) is 9.35. The van der Waals surface area contributed by atoms with Crippen LogP contribution in [0.15, 0.2) is 46.0 Å². The van der Waals surface area contributed by atoms with Crippen molar-refractivity contribution in [1.29, 1.82) is 0 Å². The fraction of sp³-hybridized carbons (Fsp3) is 0.143. The monoisotopic (exact) mass is 259 g/mol. The number of nitrogens with two attached hydrogens (primary N) is 1. The fourth-order valence-corrected chi connectivity index (χ4v) is 3.08. The van der Waals surface area contributed by atoms with Gasteiger partial charge in [-0.15, -0.1) is 23.1 Å². The van der Waals surface area contributed by atoms with E-state index in [4.69, 9.17) is 5.73 Å². The highest BCUT2D eigenvalue weighted by Gasteiger charge is 1.97. The molecule has 0 unspecified atom stereocenters. The van der Waals surface area contributed by atoms with Gasteiger partial charge in [-0.3, -0.25) is 0 Å². The molecule has 2 N–H and O–H groups in total. The van der Waals surface area contributed by atoms with Gasteiger partial charge in [0.2, 0.25) is 0 Å². The van der Waals surface area contributed by atoms with Gasteiger partial charge in [0.1, 0.15) is 0 Å². The van der Waals surface area contributed by atoms with Gasteiger partial charge in [-0.1, -0.05) is 30.0 Å². The Labute approximate surface area is 110 Å². The standard InChI is InChI=1S/C14H13NS2/c15-9-1-3-12-5-7-13(8-6-12)11-17-14-4-2-10-16-14/h2,4-8,10H,9,11,15H2. The summed E-state index contributed by atoms with van der Waals surface area (Å²) in [7, 11) is 0. The summed E-state index contributed by atoms with van der Waals surface area (Å²) in [5.74, 6) is 6.88. The topological polar surface area (TPSA) is 26.0 Å². The third-order valence-corrected chi connectivity index (χ3v) is 4.37. The quantitative estimate of drug-likeness (QED) is 0.676. The van der Waals surface area contributed by atoms with Crippen LogP contribution in [0.1, 0.15) is 11.1 Å². The van der Waals surface area contributed by atoms with Crippen LogP contribution in [0.25, 0.3) is 0 Å². The first kappa shape index (κ1) is 12.3. The Hall–Kier alpha value is -1.21. The Morgan fingerprint density at radius 1 is 1.18 bits per heavy atom. The van der Waals surface area contributed by atoms with Crippen molar-refractivity contribution in [3.8, 4) is 11.8 Å². The molecule has 1 aromatic carbocycles. The van der Waals surface area contributed by atoms with Crippen LogP contribution in [0.2, 0.25) is 0 Å². The number of benzene rings is 1. The highest BCUT2D eigenvalue weighted by Crippen LogP contribution is 2.26. The molecule has 1 aromatic heterocycles. The fourth-order valence-electron chi connectivity index (χ4n) is 1.34. The van der Waals surface area contributed by atoms with E-state index in [0.717, 1.165) is 11.3 Å². The smallest absolute Gasteiger partial charge is 0.0601 e. The molecule has 1 nitrogen and oxygen atoms in total. The molecule has 0 aliphatic rings. The first-order valence-corrected chi connectivity index (χ1v) is 7.19. The molecule has 0 fully saturated rings. The molecule has 0 bridgehead atoms. The second-order valence-corrected chi connectivity index (χ2v) is 5.65. The Bertz CT molecular complexity index is 503. The minimum absolute atomic E-state index is 0.413. The lowest BCUT2D eigenvalue weighted by molar-refractivity contribution is 1.30. The van der Waals surface area contributed by atoms with Crippen molar-refractivity contribution in [2.75, 3.05) is 6.54 Å². The zero-order valence-corrected chi connectivity index (χ0v) is 11.0. The second-order valence-electron chi connectivity index (χ2n) is 3.42. The first-order valence-electron chi connectivity index (χ1n) is 5.32. The van der Waals surface area contributed by atoms with Crippen LogP contribution in [-0.2, 0) is 5.75 Å². The number of hydrogen-bond acceptors (Lipinski definition) is 3. The van der Waals surface area contributed by atoms with Gasteiger partial charge in [0.15, 0.2) is 0 Å². The molecule has 0 saturated carbocycles. The van der Waals surface area contributed by atoms with Crippen LogP contribution >= 0.6 is 23.1 Å². The van der Waals surface area contributed by atoms with Crippen LogP contribution in [0.5, 0.6) is 0 Å². The van der Waals surface area contributed by atoms with E-state index in [-0.39, 0.29) is 0 Å². The van der Waals surface area contributed by atoms with Gasteiger partial charge in [0.25, 0.3) is 0 Å². The molecule has 0 aliphatic heterocycles. The van der Waals surface area contributed by atoms with Gasteiger partial charge < -0.3 is 5.73 Å². The Balaban J connectivity index is 1.94. The first-order chi connectivity index (χ1) is 8.38. The van der Waals surface area contributed by atoms with Gasteiger partial charge in [-0.05, 0) is 29.1 Å². The van der Waals surface area contributed by atoms with Gasteiger partial charge in [0, 0.05) is 11.3 Å². The lowest BCUT2D eigenvalue weighted by atomic mass is 10.1. The summed E-state index contributed by atoms with van der Waals surface area (Å²) in [6, 6.07) is 12.6. The minimum atomic E-state index is 0.413. The molecule has 0 saturated heterocycles. The maximum atomic E-state index is 5.33. The van der Waals surface area contributed by atoms with Crippen molar-refractivity contribution in [3.63, 3.8) is 0 Å². The number of thiophene rings is 1. The van der Waals surface area contributed by atoms with Crippen molar-refractivity contribution in [3.05, 3.63) is 52.9 Å². The molecule has 0 aliphatic carbocycles. The molecule has 0 spiro atoms. The third-order valence-electron chi connectivity index (χ3n) is 2.16. The molecule has 17 heavy (non-hydrogen) atoms. The van der Waals surface area contributed by atoms with Crippen LogP contribution in [-0.4, -0.2) is 6.54 Å². The summed E-state index contributed by atoms with van der Waals surface area (Å²) >= 11 is 3.65.